The number of halogens is 3. The van der Waals surface area contributed by atoms with Gasteiger partial charge in [0.05, 0.1) is 5.56 Å². The average molecular weight is 328 g/mol. The Kier molecular flexibility index (Phi) is 3.91. The lowest BCUT2D eigenvalue weighted by molar-refractivity contribution is 0.0680. The summed E-state index contributed by atoms with van der Waals surface area (Å²) in [6.07, 6.45) is -2.92. The Hall–Kier alpha value is -0.830. The second-order valence-electron chi connectivity index (χ2n) is 2.67. The molecule has 0 aliphatic carbocycles. The maximum Gasteiger partial charge on any atom is 0.338 e. The van der Waals surface area contributed by atoms with Crippen LogP contribution in [0.2, 0.25) is 0 Å². The van der Waals surface area contributed by atoms with Crippen molar-refractivity contribution in [3.05, 3.63) is 26.6 Å². The topological polar surface area (TPSA) is 76.2 Å². The molecule has 7 heteroatoms. The minimum Gasteiger partial charge on any atom is -0.478 e. The van der Waals surface area contributed by atoms with Crippen molar-refractivity contribution in [2.45, 2.75) is 13.0 Å². The Morgan fingerprint density at radius 2 is 2.27 bits per heavy atom. The molecule has 0 radical (unpaired) electrons. The highest BCUT2D eigenvalue weighted by molar-refractivity contribution is 14.1. The first-order valence-corrected chi connectivity index (χ1v) is 4.96. The molecular weight excluding hydrogens is 321 g/mol. The van der Waals surface area contributed by atoms with Crippen molar-refractivity contribution in [1.82, 2.24) is 4.98 Å². The van der Waals surface area contributed by atoms with Gasteiger partial charge in [-0.3, -0.25) is 0 Å². The first-order chi connectivity index (χ1) is 6.97. The van der Waals surface area contributed by atoms with Crippen molar-refractivity contribution < 1.29 is 18.7 Å². The van der Waals surface area contributed by atoms with Gasteiger partial charge in [0.1, 0.15) is 9.39 Å². The molecule has 1 aromatic heterocycles. The lowest BCUT2D eigenvalue weighted by Gasteiger charge is -2.09. The number of alkyl halides is 2. The maximum absolute atomic E-state index is 12.5. The number of carbonyl (C=O) groups is 1. The molecule has 1 rings (SSSR count). The third-order valence-electron chi connectivity index (χ3n) is 1.74. The van der Waals surface area contributed by atoms with E-state index in [4.69, 9.17) is 10.8 Å². The zero-order valence-corrected chi connectivity index (χ0v) is 9.53. The lowest BCUT2D eigenvalue weighted by Crippen LogP contribution is -2.13. The molecule has 1 aromatic rings. The first-order valence-electron chi connectivity index (χ1n) is 3.88. The van der Waals surface area contributed by atoms with Crippen molar-refractivity contribution in [3.8, 4) is 0 Å². The number of nitrogens with zero attached hydrogens (tertiary/aromatic N) is 1. The van der Waals surface area contributed by atoms with E-state index in [1.54, 1.807) is 22.6 Å². The molecule has 0 saturated heterocycles. The fraction of sp³-hybridized carbons (Fsp3) is 0.250. The zero-order valence-electron chi connectivity index (χ0n) is 7.38. The highest BCUT2D eigenvalue weighted by atomic mass is 127. The number of aromatic carboxylic acids is 1. The minimum absolute atomic E-state index is 0.111. The molecule has 0 aliphatic rings. The van der Waals surface area contributed by atoms with Crippen molar-refractivity contribution in [2.75, 3.05) is 0 Å². The summed E-state index contributed by atoms with van der Waals surface area (Å²) in [6.45, 7) is -0.111. The van der Waals surface area contributed by atoms with E-state index in [0.29, 0.717) is 3.70 Å². The number of carboxylic acids is 1. The van der Waals surface area contributed by atoms with Gasteiger partial charge in [0, 0.05) is 6.54 Å². The van der Waals surface area contributed by atoms with Crippen molar-refractivity contribution in [3.63, 3.8) is 0 Å². The van der Waals surface area contributed by atoms with Crippen LogP contribution in [0.5, 0.6) is 0 Å². The molecule has 0 spiro atoms. The van der Waals surface area contributed by atoms with Gasteiger partial charge >= 0.3 is 5.97 Å². The van der Waals surface area contributed by atoms with Crippen molar-refractivity contribution in [1.29, 1.82) is 0 Å². The Labute approximate surface area is 97.6 Å². The van der Waals surface area contributed by atoms with Gasteiger partial charge in [-0.2, -0.15) is 0 Å². The summed E-state index contributed by atoms with van der Waals surface area (Å²) in [5.74, 6) is -1.44. The smallest absolute Gasteiger partial charge is 0.338 e. The largest absolute Gasteiger partial charge is 0.478 e. The van der Waals surface area contributed by atoms with Crippen LogP contribution < -0.4 is 5.73 Å². The minimum atomic E-state index is -2.92. The van der Waals surface area contributed by atoms with Gasteiger partial charge in [0.2, 0.25) is 0 Å². The summed E-state index contributed by atoms with van der Waals surface area (Å²) in [4.78, 5) is 14.3. The van der Waals surface area contributed by atoms with E-state index >= 15 is 0 Å². The summed E-state index contributed by atoms with van der Waals surface area (Å²) >= 11 is 1.73. The summed E-state index contributed by atoms with van der Waals surface area (Å²) < 4.78 is 25.3. The molecular formula is C8H7F2IN2O2. The number of pyridine rings is 1. The number of hydrogen-bond acceptors (Lipinski definition) is 3. The predicted octanol–water partition coefficient (Wildman–Crippen LogP) is 1.78. The Morgan fingerprint density at radius 1 is 1.67 bits per heavy atom. The van der Waals surface area contributed by atoms with Gasteiger partial charge in [0.15, 0.2) is 0 Å². The molecule has 0 unspecified atom stereocenters. The summed E-state index contributed by atoms with van der Waals surface area (Å²) in [7, 11) is 0. The molecule has 0 aromatic carbocycles. The fourth-order valence-electron chi connectivity index (χ4n) is 1.15. The van der Waals surface area contributed by atoms with E-state index in [0.717, 1.165) is 0 Å². The summed E-state index contributed by atoms with van der Waals surface area (Å²) in [6, 6.07) is 1.38. The number of aromatic nitrogens is 1. The van der Waals surface area contributed by atoms with E-state index in [1.807, 2.05) is 0 Å². The summed E-state index contributed by atoms with van der Waals surface area (Å²) in [5.41, 5.74) is 4.23. The second-order valence-corrected chi connectivity index (χ2v) is 3.78. The van der Waals surface area contributed by atoms with Gasteiger partial charge in [-0.05, 0) is 34.2 Å². The van der Waals surface area contributed by atoms with E-state index in [9.17, 15) is 13.6 Å². The van der Waals surface area contributed by atoms with Crippen LogP contribution in [0, 0.1) is 3.70 Å². The highest BCUT2D eigenvalue weighted by Gasteiger charge is 2.23. The molecule has 0 atom stereocenters. The normalized spacial score (nSPS) is 10.7. The third kappa shape index (κ3) is 2.59. The monoisotopic (exact) mass is 328 g/mol. The maximum atomic E-state index is 12.5. The van der Waals surface area contributed by atoms with Crippen LogP contribution in [0.4, 0.5) is 8.78 Å². The first kappa shape index (κ1) is 12.2. The second kappa shape index (κ2) is 4.79. The van der Waals surface area contributed by atoms with Crippen molar-refractivity contribution >= 4 is 28.6 Å². The number of carboxylic acid groups (broad SMARTS) is 1. The Balaban J connectivity index is 3.47. The van der Waals surface area contributed by atoms with E-state index < -0.39 is 23.7 Å². The fourth-order valence-corrected chi connectivity index (χ4v) is 1.79. The predicted molar refractivity (Wildman–Crippen MR) is 56.8 cm³/mol. The Bertz CT molecular complexity index is 398. The molecule has 4 nitrogen and oxygen atoms in total. The number of hydrogen-bond donors (Lipinski definition) is 2. The van der Waals surface area contributed by atoms with Crippen LogP contribution in [0.25, 0.3) is 0 Å². The van der Waals surface area contributed by atoms with Crippen molar-refractivity contribution in [2.24, 2.45) is 5.73 Å². The molecule has 3 N–H and O–H groups in total. The van der Waals surface area contributed by atoms with Crippen LogP contribution in [0.3, 0.4) is 0 Å². The van der Waals surface area contributed by atoms with Crippen LogP contribution >= 0.6 is 22.6 Å². The van der Waals surface area contributed by atoms with Crippen LogP contribution in [0.1, 0.15) is 28.0 Å². The molecule has 0 aliphatic heterocycles. The molecule has 1 heterocycles. The third-order valence-corrected chi connectivity index (χ3v) is 2.29. The number of rotatable bonds is 3. The quantitative estimate of drug-likeness (QED) is 0.655. The van der Waals surface area contributed by atoms with E-state index in [-0.39, 0.29) is 12.1 Å². The number of nitrogens with two attached hydrogens (primary N) is 1. The van der Waals surface area contributed by atoms with E-state index in [2.05, 4.69) is 4.98 Å². The molecule has 82 valence electrons. The summed E-state index contributed by atoms with van der Waals surface area (Å²) in [5, 5.41) is 8.79. The van der Waals surface area contributed by atoms with Crippen LogP contribution in [-0.2, 0) is 6.54 Å². The molecule has 15 heavy (non-hydrogen) atoms. The van der Waals surface area contributed by atoms with Gasteiger partial charge in [-0.1, -0.05) is 0 Å². The average Bonchev–Trinajstić information content (AvgIpc) is 2.15. The van der Waals surface area contributed by atoms with Crippen LogP contribution in [0.15, 0.2) is 6.07 Å². The molecule has 0 fully saturated rings. The van der Waals surface area contributed by atoms with Gasteiger partial charge in [-0.25, -0.2) is 18.6 Å². The van der Waals surface area contributed by atoms with E-state index in [1.165, 1.54) is 6.07 Å². The standard InChI is InChI=1S/C8H7F2IN2O2/c9-7(10)6-5(8(14)15)3(2-12)1-4(11)13-6/h1,7H,2,12H2,(H,14,15). The Morgan fingerprint density at radius 3 is 2.67 bits per heavy atom. The lowest BCUT2D eigenvalue weighted by atomic mass is 10.1. The van der Waals surface area contributed by atoms with Crippen LogP contribution in [-0.4, -0.2) is 16.1 Å². The van der Waals surface area contributed by atoms with Gasteiger partial charge in [0.25, 0.3) is 6.43 Å². The SMILES string of the molecule is NCc1cc(I)nc(C(F)F)c1C(=O)O. The molecule has 0 bridgehead atoms. The van der Waals surface area contributed by atoms with Gasteiger partial charge in [-0.15, -0.1) is 0 Å². The van der Waals surface area contributed by atoms with Gasteiger partial charge < -0.3 is 10.8 Å². The zero-order chi connectivity index (χ0) is 11.6. The molecule has 0 amide bonds. The highest BCUT2D eigenvalue weighted by Crippen LogP contribution is 2.25. The molecule has 0 saturated carbocycles.